The van der Waals surface area contributed by atoms with Crippen LogP contribution in [0.25, 0.3) is 0 Å². The van der Waals surface area contributed by atoms with Gasteiger partial charge in [-0.25, -0.2) is 0 Å². The Morgan fingerprint density at radius 1 is 1.11 bits per heavy atom. The van der Waals surface area contributed by atoms with Crippen molar-refractivity contribution in [2.24, 2.45) is 4.99 Å². The summed E-state index contributed by atoms with van der Waals surface area (Å²) in [5, 5.41) is 0.511. The van der Waals surface area contributed by atoms with Crippen molar-refractivity contribution in [3.63, 3.8) is 0 Å². The number of rotatable bonds is 4. The maximum atomic E-state index is 10.6. The largest absolute Gasteiger partial charge is 0.456 e. The molecule has 0 atom stereocenters. The maximum Gasteiger partial charge on any atom is 0.150 e. The molecule has 4 heteroatoms. The lowest BCUT2D eigenvalue weighted by Crippen LogP contribution is -1.88. The van der Waals surface area contributed by atoms with Gasteiger partial charge < -0.3 is 4.74 Å². The molecule has 0 N–H and O–H groups in total. The van der Waals surface area contributed by atoms with Gasteiger partial charge in [0.15, 0.2) is 0 Å². The van der Waals surface area contributed by atoms with Crippen molar-refractivity contribution < 1.29 is 9.53 Å². The highest BCUT2D eigenvalue weighted by Crippen LogP contribution is 2.29. The van der Waals surface area contributed by atoms with Gasteiger partial charge in [-0.05, 0) is 48.0 Å². The van der Waals surface area contributed by atoms with Crippen LogP contribution in [0.15, 0.2) is 47.5 Å². The van der Waals surface area contributed by atoms with Gasteiger partial charge in [0.1, 0.15) is 17.8 Å². The normalized spacial score (nSPS) is 10.6. The third-order valence-electron chi connectivity index (χ3n) is 2.48. The second kappa shape index (κ2) is 6.16. The summed E-state index contributed by atoms with van der Waals surface area (Å²) in [7, 11) is 1.70. The Morgan fingerprint density at radius 2 is 1.79 bits per heavy atom. The van der Waals surface area contributed by atoms with E-state index in [-0.39, 0.29) is 0 Å². The Balaban J connectivity index is 2.20. The van der Waals surface area contributed by atoms with Crippen LogP contribution in [0.1, 0.15) is 15.9 Å². The van der Waals surface area contributed by atoms with Crippen LogP contribution in [0.2, 0.25) is 5.02 Å². The van der Waals surface area contributed by atoms with Crippen molar-refractivity contribution in [1.82, 2.24) is 0 Å². The van der Waals surface area contributed by atoms with E-state index < -0.39 is 0 Å². The quantitative estimate of drug-likeness (QED) is 0.624. The highest BCUT2D eigenvalue weighted by molar-refractivity contribution is 6.32. The zero-order valence-corrected chi connectivity index (χ0v) is 11.1. The lowest BCUT2D eigenvalue weighted by atomic mass is 10.2. The van der Waals surface area contributed by atoms with Crippen molar-refractivity contribution >= 4 is 24.1 Å². The second-order valence-electron chi connectivity index (χ2n) is 3.87. The molecule has 0 fully saturated rings. The fourth-order valence-electron chi connectivity index (χ4n) is 1.57. The molecule has 0 saturated carbocycles. The number of aldehydes is 1. The molecule has 3 nitrogen and oxygen atoms in total. The Kier molecular flexibility index (Phi) is 4.31. The topological polar surface area (TPSA) is 38.7 Å². The van der Waals surface area contributed by atoms with E-state index in [1.807, 2.05) is 6.07 Å². The summed E-state index contributed by atoms with van der Waals surface area (Å²) in [4.78, 5) is 14.5. The highest BCUT2D eigenvalue weighted by Gasteiger charge is 2.04. The van der Waals surface area contributed by atoms with Crippen molar-refractivity contribution in [2.75, 3.05) is 7.05 Å². The summed E-state index contributed by atoms with van der Waals surface area (Å²) in [5.74, 6) is 1.19. The van der Waals surface area contributed by atoms with Gasteiger partial charge in [0, 0.05) is 18.8 Å². The predicted octanol–water partition coefficient (Wildman–Crippen LogP) is 3.99. The summed E-state index contributed by atoms with van der Waals surface area (Å²) in [6.07, 6.45) is 2.50. The smallest absolute Gasteiger partial charge is 0.150 e. The van der Waals surface area contributed by atoms with Crippen LogP contribution >= 0.6 is 11.6 Å². The number of carbonyl (C=O) groups excluding carboxylic acids is 1. The Hall–Kier alpha value is -2.13. The van der Waals surface area contributed by atoms with Crippen LogP contribution in [-0.2, 0) is 0 Å². The monoisotopic (exact) mass is 273 g/mol. The van der Waals surface area contributed by atoms with E-state index in [1.165, 1.54) is 0 Å². The zero-order chi connectivity index (χ0) is 13.7. The first-order chi connectivity index (χ1) is 9.22. The molecule has 2 rings (SSSR count). The lowest BCUT2D eigenvalue weighted by molar-refractivity contribution is 0.112. The van der Waals surface area contributed by atoms with Gasteiger partial charge in [0.2, 0.25) is 0 Å². The maximum absolute atomic E-state index is 10.6. The van der Waals surface area contributed by atoms with Crippen molar-refractivity contribution in [2.45, 2.75) is 0 Å². The number of nitrogens with zero attached hydrogens (tertiary/aromatic N) is 1. The SMILES string of the molecule is CN=Cc1ccc(Oc2ccc(C=O)cc2)c(Cl)c1. The van der Waals surface area contributed by atoms with E-state index in [2.05, 4.69) is 4.99 Å². The van der Waals surface area contributed by atoms with Crippen LogP contribution in [0, 0.1) is 0 Å². The standard InChI is InChI=1S/C15H12ClNO2/c1-17-9-12-4-7-15(14(16)8-12)19-13-5-2-11(10-18)3-6-13/h2-10H,1H3. The molecule has 0 unspecified atom stereocenters. The molecule has 96 valence electrons. The van der Waals surface area contributed by atoms with Gasteiger partial charge in [-0.15, -0.1) is 0 Å². The average Bonchev–Trinajstić information content (AvgIpc) is 2.43. The molecular weight excluding hydrogens is 262 g/mol. The van der Waals surface area contributed by atoms with Crippen molar-refractivity contribution in [1.29, 1.82) is 0 Å². The number of carbonyl (C=O) groups is 1. The van der Waals surface area contributed by atoms with E-state index in [4.69, 9.17) is 16.3 Å². The van der Waals surface area contributed by atoms with Crippen LogP contribution in [0.4, 0.5) is 0 Å². The Labute approximate surface area is 116 Å². The average molecular weight is 274 g/mol. The zero-order valence-electron chi connectivity index (χ0n) is 10.3. The fourth-order valence-corrected chi connectivity index (χ4v) is 1.80. The van der Waals surface area contributed by atoms with Gasteiger partial charge >= 0.3 is 0 Å². The lowest BCUT2D eigenvalue weighted by Gasteiger charge is -2.08. The van der Waals surface area contributed by atoms with Crippen LogP contribution in [-0.4, -0.2) is 19.5 Å². The third-order valence-corrected chi connectivity index (χ3v) is 2.77. The number of aliphatic imine (C=N–C) groups is 1. The summed E-state index contributed by atoms with van der Waals surface area (Å²) >= 11 is 6.13. The summed E-state index contributed by atoms with van der Waals surface area (Å²) in [5.41, 5.74) is 1.52. The second-order valence-corrected chi connectivity index (χ2v) is 4.27. The van der Waals surface area contributed by atoms with Crippen LogP contribution in [0.5, 0.6) is 11.5 Å². The first-order valence-corrected chi connectivity index (χ1v) is 6.05. The van der Waals surface area contributed by atoms with Crippen molar-refractivity contribution in [3.05, 3.63) is 58.6 Å². The molecule has 0 amide bonds. The van der Waals surface area contributed by atoms with Gasteiger partial charge in [0.05, 0.1) is 5.02 Å². The number of hydrogen-bond acceptors (Lipinski definition) is 3. The first-order valence-electron chi connectivity index (χ1n) is 5.68. The molecule has 0 aliphatic heterocycles. The molecule has 0 spiro atoms. The predicted molar refractivity (Wildman–Crippen MR) is 76.9 cm³/mol. The summed E-state index contributed by atoms with van der Waals surface area (Å²) in [6.45, 7) is 0. The molecule has 0 bridgehead atoms. The van der Waals surface area contributed by atoms with E-state index in [0.29, 0.717) is 22.1 Å². The molecule has 2 aromatic carbocycles. The minimum Gasteiger partial charge on any atom is -0.456 e. The Morgan fingerprint density at radius 3 is 2.37 bits per heavy atom. The highest BCUT2D eigenvalue weighted by atomic mass is 35.5. The molecule has 0 aliphatic carbocycles. The van der Waals surface area contributed by atoms with E-state index in [0.717, 1.165) is 11.8 Å². The Bertz CT molecular complexity index is 606. The molecule has 0 radical (unpaired) electrons. The first kappa shape index (κ1) is 13.3. The van der Waals surface area contributed by atoms with Crippen molar-refractivity contribution in [3.8, 4) is 11.5 Å². The third kappa shape index (κ3) is 3.42. The van der Waals surface area contributed by atoms with E-state index in [9.17, 15) is 4.79 Å². The van der Waals surface area contributed by atoms with Gasteiger partial charge in [-0.1, -0.05) is 11.6 Å². The van der Waals surface area contributed by atoms with Crippen LogP contribution < -0.4 is 4.74 Å². The van der Waals surface area contributed by atoms with Gasteiger partial charge in [-0.3, -0.25) is 9.79 Å². The number of benzene rings is 2. The number of hydrogen-bond donors (Lipinski definition) is 0. The van der Waals surface area contributed by atoms with Gasteiger partial charge in [0.25, 0.3) is 0 Å². The molecular formula is C15H12ClNO2. The molecule has 0 aromatic heterocycles. The summed E-state index contributed by atoms with van der Waals surface area (Å²) < 4.78 is 5.65. The van der Waals surface area contributed by atoms with E-state index >= 15 is 0 Å². The molecule has 0 saturated heterocycles. The van der Waals surface area contributed by atoms with Gasteiger partial charge in [-0.2, -0.15) is 0 Å². The minimum atomic E-state index is 0.511. The van der Waals surface area contributed by atoms with E-state index in [1.54, 1.807) is 49.7 Å². The number of halogens is 1. The molecule has 0 aliphatic rings. The summed E-state index contributed by atoms with van der Waals surface area (Å²) in [6, 6.07) is 12.3. The molecule has 2 aromatic rings. The fraction of sp³-hybridized carbons (Fsp3) is 0.0667. The minimum absolute atomic E-state index is 0.511. The number of ether oxygens (including phenoxy) is 1. The molecule has 19 heavy (non-hydrogen) atoms. The molecule has 0 heterocycles. The van der Waals surface area contributed by atoms with Crippen LogP contribution in [0.3, 0.4) is 0 Å².